The van der Waals surface area contributed by atoms with E-state index in [0.29, 0.717) is 12.3 Å². The van der Waals surface area contributed by atoms with E-state index in [9.17, 15) is 13.2 Å². The van der Waals surface area contributed by atoms with Crippen LogP contribution in [-0.2, 0) is 6.54 Å². The third kappa shape index (κ3) is 4.57. The van der Waals surface area contributed by atoms with E-state index in [0.717, 1.165) is 11.8 Å². The second-order valence-electron chi connectivity index (χ2n) is 2.90. The molecule has 1 N–H and O–H groups in total. The second kappa shape index (κ2) is 5.41. The van der Waals surface area contributed by atoms with Crippen molar-refractivity contribution in [1.29, 1.82) is 0 Å². The molecule has 1 rings (SSSR count). The number of aromatic nitrogens is 2. The lowest BCUT2D eigenvalue weighted by Crippen LogP contribution is -2.30. The van der Waals surface area contributed by atoms with Crippen LogP contribution >= 0.6 is 11.8 Å². The number of aliphatic hydroxyl groups is 1. The number of nitrogens with zero attached hydrogens (tertiary/aromatic N) is 2. The van der Waals surface area contributed by atoms with E-state index >= 15 is 0 Å². The molecule has 1 aromatic rings. The molecule has 1 aromatic heterocycles. The first kappa shape index (κ1) is 12.4. The van der Waals surface area contributed by atoms with Gasteiger partial charge in [0.25, 0.3) is 0 Å². The van der Waals surface area contributed by atoms with E-state index in [1.54, 1.807) is 23.1 Å². The first-order chi connectivity index (χ1) is 7.00. The van der Waals surface area contributed by atoms with Gasteiger partial charge in [-0.1, -0.05) is 0 Å². The van der Waals surface area contributed by atoms with Crippen LogP contribution in [0, 0.1) is 0 Å². The Balaban J connectivity index is 2.12. The van der Waals surface area contributed by atoms with Crippen molar-refractivity contribution < 1.29 is 18.3 Å². The summed E-state index contributed by atoms with van der Waals surface area (Å²) in [6.45, 7) is 0.544. The quantitative estimate of drug-likeness (QED) is 0.793. The van der Waals surface area contributed by atoms with Crippen LogP contribution in [0.3, 0.4) is 0 Å². The maximum absolute atomic E-state index is 11.9. The zero-order valence-corrected chi connectivity index (χ0v) is 8.63. The maximum Gasteiger partial charge on any atom is 0.415 e. The lowest BCUT2D eigenvalue weighted by molar-refractivity contribution is -0.195. The van der Waals surface area contributed by atoms with Crippen molar-refractivity contribution >= 4 is 11.8 Å². The van der Waals surface area contributed by atoms with Crippen LogP contribution in [0.1, 0.15) is 0 Å². The third-order valence-electron chi connectivity index (χ3n) is 1.68. The minimum atomic E-state index is -4.52. The fourth-order valence-electron chi connectivity index (χ4n) is 0.880. The first-order valence-corrected chi connectivity index (χ1v) is 5.45. The summed E-state index contributed by atoms with van der Waals surface area (Å²) in [5.74, 6) is 0.166. The van der Waals surface area contributed by atoms with Crippen molar-refractivity contribution in [3.63, 3.8) is 0 Å². The molecule has 1 heterocycles. The Morgan fingerprint density at radius 1 is 1.47 bits per heavy atom. The Hall–Kier alpha value is -0.690. The molecule has 0 saturated carbocycles. The molecule has 0 fully saturated rings. The molecule has 0 amide bonds. The minimum absolute atomic E-state index is 0.329. The predicted molar refractivity (Wildman–Crippen MR) is 51.6 cm³/mol. The molecular formula is C8H11F3N2OS. The number of hydrogen-bond donors (Lipinski definition) is 1. The summed E-state index contributed by atoms with van der Waals surface area (Å²) in [6, 6.07) is 1.75. The smallest absolute Gasteiger partial charge is 0.383 e. The highest BCUT2D eigenvalue weighted by Gasteiger charge is 2.37. The summed E-state index contributed by atoms with van der Waals surface area (Å²) in [5, 5.41) is 12.6. The molecule has 15 heavy (non-hydrogen) atoms. The highest BCUT2D eigenvalue weighted by atomic mass is 32.2. The van der Waals surface area contributed by atoms with Crippen LogP contribution in [0.15, 0.2) is 18.5 Å². The molecule has 1 atom stereocenters. The molecule has 0 radical (unpaired) electrons. The number of aryl methyl sites for hydroxylation is 1. The van der Waals surface area contributed by atoms with Crippen LogP contribution in [-0.4, -0.2) is 38.7 Å². The minimum Gasteiger partial charge on any atom is -0.383 e. The normalized spacial score (nSPS) is 14.1. The largest absolute Gasteiger partial charge is 0.415 e. The Bertz CT molecular complexity index is 276. The molecule has 0 saturated heterocycles. The number of rotatable bonds is 5. The number of aliphatic hydroxyl groups excluding tert-OH is 1. The molecule has 0 unspecified atom stereocenters. The van der Waals surface area contributed by atoms with E-state index < -0.39 is 12.3 Å². The number of halogens is 3. The molecule has 0 aliphatic rings. The average molecular weight is 240 g/mol. The van der Waals surface area contributed by atoms with Crippen LogP contribution in [0.2, 0.25) is 0 Å². The molecule has 7 heteroatoms. The lowest BCUT2D eigenvalue weighted by atomic mass is 10.4. The second-order valence-corrected chi connectivity index (χ2v) is 4.05. The summed E-state index contributed by atoms with van der Waals surface area (Å²) in [7, 11) is 0. The summed E-state index contributed by atoms with van der Waals surface area (Å²) in [5.41, 5.74) is 0. The average Bonchev–Trinajstić information content (AvgIpc) is 2.63. The topological polar surface area (TPSA) is 38.0 Å². The van der Waals surface area contributed by atoms with Crippen molar-refractivity contribution in [2.45, 2.75) is 18.8 Å². The van der Waals surface area contributed by atoms with E-state index in [2.05, 4.69) is 5.10 Å². The van der Waals surface area contributed by atoms with E-state index in [-0.39, 0.29) is 5.75 Å². The predicted octanol–water partition coefficient (Wildman–Crippen LogP) is 1.54. The molecule has 86 valence electrons. The summed E-state index contributed by atoms with van der Waals surface area (Å²) < 4.78 is 37.2. The fourth-order valence-corrected chi connectivity index (χ4v) is 1.78. The van der Waals surface area contributed by atoms with Gasteiger partial charge in [-0.05, 0) is 6.07 Å². The van der Waals surface area contributed by atoms with Gasteiger partial charge in [0.05, 0.1) is 0 Å². The van der Waals surface area contributed by atoms with Crippen LogP contribution in [0.25, 0.3) is 0 Å². The molecule has 0 aromatic carbocycles. The first-order valence-electron chi connectivity index (χ1n) is 4.30. The van der Waals surface area contributed by atoms with Gasteiger partial charge in [0, 0.05) is 30.4 Å². The number of thioether (sulfide) groups is 1. The van der Waals surface area contributed by atoms with Crippen LogP contribution in [0.4, 0.5) is 13.2 Å². The van der Waals surface area contributed by atoms with Gasteiger partial charge < -0.3 is 5.11 Å². The monoisotopic (exact) mass is 240 g/mol. The highest BCUT2D eigenvalue weighted by molar-refractivity contribution is 7.99. The van der Waals surface area contributed by atoms with Crippen molar-refractivity contribution in [3.05, 3.63) is 18.5 Å². The standard InChI is InChI=1S/C8H11F3N2OS/c9-8(10,11)7(14)6-15-5-4-13-3-1-2-12-13/h1-3,7,14H,4-6H2/t7-/m0/s1. The SMILES string of the molecule is O[C@@H](CSCCn1cccn1)C(F)(F)F. The summed E-state index contributed by atoms with van der Waals surface area (Å²) in [4.78, 5) is 0. The third-order valence-corrected chi connectivity index (χ3v) is 2.70. The number of hydrogen-bond acceptors (Lipinski definition) is 3. The van der Waals surface area contributed by atoms with Crippen molar-refractivity contribution in [1.82, 2.24) is 9.78 Å². The van der Waals surface area contributed by atoms with Gasteiger partial charge in [-0.15, -0.1) is 0 Å². The fraction of sp³-hybridized carbons (Fsp3) is 0.625. The van der Waals surface area contributed by atoms with E-state index in [1.165, 1.54) is 0 Å². The van der Waals surface area contributed by atoms with Crippen LogP contribution in [0.5, 0.6) is 0 Å². The van der Waals surface area contributed by atoms with Crippen molar-refractivity contribution in [2.75, 3.05) is 11.5 Å². The Kier molecular flexibility index (Phi) is 4.46. The maximum atomic E-state index is 11.9. The van der Waals surface area contributed by atoms with E-state index in [4.69, 9.17) is 5.11 Å². The number of alkyl halides is 3. The van der Waals surface area contributed by atoms with Gasteiger partial charge in [0.2, 0.25) is 0 Å². The van der Waals surface area contributed by atoms with Crippen molar-refractivity contribution in [3.8, 4) is 0 Å². The Labute approximate surface area is 89.3 Å². The molecule has 0 bridgehead atoms. The molecule has 0 aliphatic carbocycles. The van der Waals surface area contributed by atoms with Gasteiger partial charge in [0.1, 0.15) is 0 Å². The van der Waals surface area contributed by atoms with E-state index in [1.807, 2.05) is 0 Å². The van der Waals surface area contributed by atoms with Crippen LogP contribution < -0.4 is 0 Å². The van der Waals surface area contributed by atoms with Crippen molar-refractivity contribution in [2.24, 2.45) is 0 Å². The highest BCUT2D eigenvalue weighted by Crippen LogP contribution is 2.22. The van der Waals surface area contributed by atoms with Gasteiger partial charge in [-0.2, -0.15) is 30.0 Å². The molecule has 0 aliphatic heterocycles. The molecule has 3 nitrogen and oxygen atoms in total. The zero-order chi connectivity index (χ0) is 11.3. The Morgan fingerprint density at radius 2 is 2.20 bits per heavy atom. The lowest BCUT2D eigenvalue weighted by Gasteiger charge is -2.13. The molecular weight excluding hydrogens is 229 g/mol. The zero-order valence-electron chi connectivity index (χ0n) is 7.81. The Morgan fingerprint density at radius 3 is 2.73 bits per heavy atom. The van der Waals surface area contributed by atoms with Gasteiger partial charge in [0.15, 0.2) is 6.10 Å². The van der Waals surface area contributed by atoms with Gasteiger partial charge in [-0.25, -0.2) is 0 Å². The van der Waals surface area contributed by atoms with Gasteiger partial charge in [-0.3, -0.25) is 4.68 Å². The summed E-state index contributed by atoms with van der Waals surface area (Å²) in [6.07, 6.45) is -3.41. The molecule has 0 spiro atoms. The summed E-state index contributed by atoms with van der Waals surface area (Å²) >= 11 is 1.06. The van der Waals surface area contributed by atoms with Gasteiger partial charge >= 0.3 is 6.18 Å².